The maximum atomic E-state index is 13.9. The molecule has 0 spiro atoms. The Balaban J connectivity index is 1.54. The number of rotatable bonds is 7. The molecule has 0 N–H and O–H groups in total. The molecule has 7 nitrogen and oxygen atoms in total. The monoisotopic (exact) mass is 554 g/mol. The zero-order valence-corrected chi connectivity index (χ0v) is 24.4. The Kier molecular flexibility index (Phi) is 7.63. The van der Waals surface area contributed by atoms with E-state index < -0.39 is 17.8 Å². The van der Waals surface area contributed by atoms with Gasteiger partial charge in [0.05, 0.1) is 26.7 Å². The number of ketones is 1. The number of allylic oxidation sites excluding steroid dienone is 4. The summed E-state index contributed by atoms with van der Waals surface area (Å²) in [5.41, 5.74) is 6.39. The zero-order valence-electron chi connectivity index (χ0n) is 24.4. The summed E-state index contributed by atoms with van der Waals surface area (Å²) in [7, 11) is 3.10. The third-order valence-corrected chi connectivity index (χ3v) is 7.86. The molecular formula is C34H34O7. The molecule has 1 aliphatic heterocycles. The average molecular weight is 555 g/mol. The van der Waals surface area contributed by atoms with Crippen molar-refractivity contribution in [2.24, 2.45) is 5.92 Å². The Bertz CT molecular complexity index is 1610. The van der Waals surface area contributed by atoms with Crippen molar-refractivity contribution in [1.29, 1.82) is 0 Å². The van der Waals surface area contributed by atoms with Gasteiger partial charge >= 0.3 is 5.97 Å². The summed E-state index contributed by atoms with van der Waals surface area (Å²) in [5.74, 6) is 0.765. The zero-order chi connectivity index (χ0) is 29.4. The molecule has 3 aromatic rings. The minimum absolute atomic E-state index is 0.154. The van der Waals surface area contributed by atoms with Crippen molar-refractivity contribution in [3.8, 4) is 22.8 Å². The second-order valence-electron chi connectivity index (χ2n) is 10.3. The molecule has 2 heterocycles. The van der Waals surface area contributed by atoms with Gasteiger partial charge in [-0.05, 0) is 105 Å². The molecular weight excluding hydrogens is 520 g/mol. The van der Waals surface area contributed by atoms with Crippen LogP contribution in [0.3, 0.4) is 0 Å². The highest BCUT2D eigenvalue weighted by molar-refractivity contribution is 6.06. The standard InChI is InChI=1S/C34H34O7/c1-8-39-34(36)30-20(4)15-28-32(31(30)22-9-11-26(37-6)27(16-22)38-7)33(35)29(41-28)17-24-10-12-25(40-24)23-13-18(2)21(5)19(3)14-23/h9-17,31-32H,8H2,1-7H3/b29-17-. The fourth-order valence-electron chi connectivity index (χ4n) is 5.56. The molecule has 1 fully saturated rings. The summed E-state index contributed by atoms with van der Waals surface area (Å²) in [6.07, 6.45) is 3.36. The van der Waals surface area contributed by atoms with Gasteiger partial charge in [-0.1, -0.05) is 6.07 Å². The number of carbonyl (C=O) groups excluding carboxylic acids is 2. The van der Waals surface area contributed by atoms with Crippen molar-refractivity contribution in [3.63, 3.8) is 0 Å². The van der Waals surface area contributed by atoms with Crippen LogP contribution in [0.15, 0.2) is 75.6 Å². The van der Waals surface area contributed by atoms with E-state index in [1.807, 2.05) is 25.1 Å². The SMILES string of the molecule is CCOC(=O)C1=C(C)C=C2O/C(=C\c3ccc(-c4cc(C)c(C)c(C)c4)o3)C(=O)C2C1c1ccc(OC)c(OC)c1. The fourth-order valence-corrected chi connectivity index (χ4v) is 5.56. The van der Waals surface area contributed by atoms with Crippen molar-refractivity contribution in [3.05, 3.63) is 99.2 Å². The largest absolute Gasteiger partial charge is 0.493 e. The van der Waals surface area contributed by atoms with Crippen LogP contribution in [0.5, 0.6) is 11.5 Å². The van der Waals surface area contributed by atoms with Crippen LogP contribution in [-0.2, 0) is 19.1 Å². The highest BCUT2D eigenvalue weighted by Crippen LogP contribution is 2.49. The van der Waals surface area contributed by atoms with Gasteiger partial charge in [0.2, 0.25) is 5.78 Å². The molecule has 1 aliphatic carbocycles. The van der Waals surface area contributed by atoms with E-state index in [0.29, 0.717) is 45.5 Å². The van der Waals surface area contributed by atoms with Crippen LogP contribution in [0.4, 0.5) is 0 Å². The Morgan fingerprint density at radius 1 is 0.927 bits per heavy atom. The first kappa shape index (κ1) is 28.0. The van der Waals surface area contributed by atoms with Crippen molar-refractivity contribution in [2.45, 2.75) is 40.5 Å². The summed E-state index contributed by atoms with van der Waals surface area (Å²) in [5, 5.41) is 0. The molecule has 212 valence electrons. The molecule has 41 heavy (non-hydrogen) atoms. The highest BCUT2D eigenvalue weighted by Gasteiger charge is 2.48. The average Bonchev–Trinajstić information content (AvgIpc) is 3.54. The lowest BCUT2D eigenvalue weighted by atomic mass is 9.73. The number of Topliss-reactive ketones (excluding diaryl/α,β-unsaturated/α-hetero) is 1. The van der Waals surface area contributed by atoms with Crippen LogP contribution >= 0.6 is 0 Å². The molecule has 5 rings (SSSR count). The summed E-state index contributed by atoms with van der Waals surface area (Å²) in [6.45, 7) is 10.0. The lowest BCUT2D eigenvalue weighted by Gasteiger charge is -2.29. The van der Waals surface area contributed by atoms with E-state index in [2.05, 4.69) is 32.9 Å². The van der Waals surface area contributed by atoms with E-state index in [-0.39, 0.29) is 18.1 Å². The lowest BCUT2D eigenvalue weighted by molar-refractivity contribution is -0.139. The van der Waals surface area contributed by atoms with Gasteiger partial charge in [-0.15, -0.1) is 0 Å². The van der Waals surface area contributed by atoms with E-state index in [4.69, 9.17) is 23.4 Å². The van der Waals surface area contributed by atoms with E-state index in [9.17, 15) is 9.59 Å². The molecule has 2 aliphatic rings. The first-order chi connectivity index (χ1) is 19.7. The van der Waals surface area contributed by atoms with Gasteiger partial charge in [0.15, 0.2) is 17.3 Å². The van der Waals surface area contributed by atoms with Gasteiger partial charge in [-0.3, -0.25) is 4.79 Å². The van der Waals surface area contributed by atoms with Crippen molar-refractivity contribution in [2.75, 3.05) is 20.8 Å². The van der Waals surface area contributed by atoms with E-state index in [1.54, 1.807) is 45.4 Å². The topological polar surface area (TPSA) is 84.2 Å². The Hall–Kier alpha value is -4.52. The summed E-state index contributed by atoms with van der Waals surface area (Å²) in [4.78, 5) is 27.1. The van der Waals surface area contributed by atoms with E-state index in [0.717, 1.165) is 5.56 Å². The molecule has 2 aromatic carbocycles. The maximum Gasteiger partial charge on any atom is 0.334 e. The third-order valence-electron chi connectivity index (χ3n) is 7.86. The smallest absolute Gasteiger partial charge is 0.334 e. The van der Waals surface area contributed by atoms with E-state index >= 15 is 0 Å². The fraction of sp³-hybridized carbons (Fsp3) is 0.294. The molecule has 7 heteroatoms. The molecule has 2 unspecified atom stereocenters. The number of carbonyl (C=O) groups is 2. The predicted octanol–water partition coefficient (Wildman–Crippen LogP) is 7.01. The van der Waals surface area contributed by atoms with Crippen LogP contribution < -0.4 is 9.47 Å². The van der Waals surface area contributed by atoms with Crippen LogP contribution in [-0.4, -0.2) is 32.6 Å². The van der Waals surface area contributed by atoms with Gasteiger partial charge in [-0.25, -0.2) is 4.79 Å². The van der Waals surface area contributed by atoms with Gasteiger partial charge in [0.1, 0.15) is 17.3 Å². The van der Waals surface area contributed by atoms with Crippen molar-refractivity contribution >= 4 is 17.8 Å². The summed E-state index contributed by atoms with van der Waals surface area (Å²) in [6, 6.07) is 13.3. The molecule has 1 saturated heterocycles. The number of methoxy groups -OCH3 is 2. The van der Waals surface area contributed by atoms with Crippen LogP contribution in [0.2, 0.25) is 0 Å². The molecule has 0 amide bonds. The molecule has 2 atom stereocenters. The summed E-state index contributed by atoms with van der Waals surface area (Å²) < 4.78 is 28.6. The van der Waals surface area contributed by atoms with Gasteiger partial charge in [0.25, 0.3) is 0 Å². The molecule has 0 bridgehead atoms. The van der Waals surface area contributed by atoms with Crippen molar-refractivity contribution in [1.82, 2.24) is 0 Å². The first-order valence-corrected chi connectivity index (χ1v) is 13.6. The number of fused-ring (bicyclic) bond motifs is 1. The number of esters is 1. The highest BCUT2D eigenvalue weighted by atomic mass is 16.5. The quantitative estimate of drug-likeness (QED) is 0.230. The minimum Gasteiger partial charge on any atom is -0.493 e. The number of hydrogen-bond acceptors (Lipinski definition) is 7. The van der Waals surface area contributed by atoms with Crippen LogP contribution in [0.25, 0.3) is 17.4 Å². The number of aryl methyl sites for hydroxylation is 2. The third kappa shape index (κ3) is 5.08. The predicted molar refractivity (Wildman–Crippen MR) is 156 cm³/mol. The lowest BCUT2D eigenvalue weighted by Crippen LogP contribution is -2.29. The first-order valence-electron chi connectivity index (χ1n) is 13.6. The Labute approximate surface area is 240 Å². The Morgan fingerprint density at radius 3 is 2.29 bits per heavy atom. The number of benzene rings is 2. The number of hydrogen-bond donors (Lipinski definition) is 0. The van der Waals surface area contributed by atoms with E-state index in [1.165, 1.54) is 16.7 Å². The van der Waals surface area contributed by atoms with Gasteiger partial charge in [0, 0.05) is 23.1 Å². The van der Waals surface area contributed by atoms with Crippen LogP contribution in [0, 0.1) is 26.7 Å². The van der Waals surface area contributed by atoms with Crippen molar-refractivity contribution < 1.29 is 33.0 Å². The minimum atomic E-state index is -0.751. The normalized spacial score (nSPS) is 19.1. The summed E-state index contributed by atoms with van der Waals surface area (Å²) >= 11 is 0. The van der Waals surface area contributed by atoms with Gasteiger partial charge in [-0.2, -0.15) is 0 Å². The van der Waals surface area contributed by atoms with Gasteiger partial charge < -0.3 is 23.4 Å². The molecule has 1 aromatic heterocycles. The molecule has 0 saturated carbocycles. The Morgan fingerprint density at radius 2 is 1.63 bits per heavy atom. The van der Waals surface area contributed by atoms with Crippen LogP contribution in [0.1, 0.15) is 47.8 Å². The number of furan rings is 1. The number of ether oxygens (including phenoxy) is 4. The second-order valence-corrected chi connectivity index (χ2v) is 10.3. The maximum absolute atomic E-state index is 13.9. The molecule has 0 radical (unpaired) electrons. The second kappa shape index (κ2) is 11.2.